The highest BCUT2D eigenvalue weighted by molar-refractivity contribution is 6.61. The van der Waals surface area contributed by atoms with Crippen LogP contribution in [0.5, 0.6) is 5.75 Å². The van der Waals surface area contributed by atoms with Gasteiger partial charge in [0.25, 0.3) is 12.5 Å². The topological polar surface area (TPSA) is 427 Å². The van der Waals surface area contributed by atoms with Crippen LogP contribution in [0.2, 0.25) is 20.0 Å². The summed E-state index contributed by atoms with van der Waals surface area (Å²) < 4.78 is 37.6. The molecule has 1 aromatic carbocycles. The largest absolute Gasteiger partial charge is 0.536 e. The van der Waals surface area contributed by atoms with Crippen LogP contribution < -0.4 is 15.9 Å². The van der Waals surface area contributed by atoms with Crippen LogP contribution in [0.15, 0.2) is 39.3 Å². The minimum Gasteiger partial charge on any atom is -0.536 e. The second-order valence-corrected chi connectivity index (χ2v) is 21.0. The number of pyridine rings is 2. The summed E-state index contributed by atoms with van der Waals surface area (Å²) in [7, 11) is -0.958. The normalized spacial score (nSPS) is 13.7. The standard InChI is InChI=1S/C24H22BClN2O7.C15H27N3O5.C9H15N3O5.C5H13NO.C3H9BO.C2H6/c1-4-13-14-8-12(35-25(3)32)6-7-18(14)27-20-15(13)10-28-19(20)9-17-16(21(28)29)11-33-22(30)24(17,5-2)34-23(26)31;1-12(2)13(9-19)8-15(21)11-23-10-14(20)4-3-6-22-7-5-17-18-16;10-12-11-3-5-16-4-1-2-8(13)6-17-7-9(14)15;1-4(2)5(6)3-7;1-3-4(2)5;1-2/h6-9,32H,4-5,10-11H2,1-3H3;12-13,19H,3-11H2,1-2H3;1-7H2,(H,14,15);4-5,7H,3,6H2,1-2H3;5H,3H2,1-2H3;1-2H3. The van der Waals surface area contributed by atoms with Crippen LogP contribution in [-0.2, 0) is 77.6 Å². The van der Waals surface area contributed by atoms with E-state index in [4.69, 9.17) is 82.1 Å². The maximum absolute atomic E-state index is 13.6. The monoisotopic (exact) mass is 1280 g/mol. The second kappa shape index (κ2) is 46.5. The lowest BCUT2D eigenvalue weighted by atomic mass is 9.69. The third-order valence-corrected chi connectivity index (χ3v) is 13.4. The van der Waals surface area contributed by atoms with E-state index in [1.165, 1.54) is 6.82 Å². The molecule has 7 N–H and O–H groups in total. The summed E-state index contributed by atoms with van der Waals surface area (Å²) >= 11 is 5.51. The van der Waals surface area contributed by atoms with Crippen molar-refractivity contribution in [2.45, 2.75) is 152 Å². The number of nitrogens with two attached hydrogens (primary N) is 1. The molecule has 0 saturated carbocycles. The summed E-state index contributed by atoms with van der Waals surface area (Å²) in [6.45, 7) is 22.0. The number of carbonyl (C=O) groups excluding carboxylic acids is 5. The van der Waals surface area contributed by atoms with Gasteiger partial charge < -0.3 is 68.7 Å². The average molecular weight is 1280 g/mol. The Morgan fingerprint density at radius 1 is 0.820 bits per heavy atom. The van der Waals surface area contributed by atoms with Crippen molar-refractivity contribution in [2.75, 3.05) is 79.2 Å². The first-order chi connectivity index (χ1) is 42.3. The maximum atomic E-state index is 13.6. The van der Waals surface area contributed by atoms with Crippen LogP contribution in [0, 0.1) is 17.8 Å². The second-order valence-electron chi connectivity index (χ2n) is 20.7. The first-order valence-corrected chi connectivity index (χ1v) is 30.1. The van der Waals surface area contributed by atoms with Gasteiger partial charge in [0.05, 0.1) is 48.8 Å². The Morgan fingerprint density at radius 3 is 1.81 bits per heavy atom. The van der Waals surface area contributed by atoms with Gasteiger partial charge in [-0.15, -0.1) is 0 Å². The van der Waals surface area contributed by atoms with E-state index in [-0.39, 0.29) is 131 Å². The molecule has 0 fully saturated rings. The average Bonchev–Trinajstić information content (AvgIpc) is 1.67. The van der Waals surface area contributed by atoms with E-state index in [9.17, 15) is 38.6 Å². The van der Waals surface area contributed by atoms with Gasteiger partial charge in [-0.1, -0.05) is 85.7 Å². The minimum absolute atomic E-state index is 0.0258. The van der Waals surface area contributed by atoms with Crippen molar-refractivity contribution in [1.29, 1.82) is 0 Å². The smallest absolute Gasteiger partial charge is 0.519 e. The summed E-state index contributed by atoms with van der Waals surface area (Å²) in [6.07, 6.45) is 3.54. The molecule has 2 aliphatic rings. The number of ketones is 3. The number of fused-ring (bicyclic) bond motifs is 5. The molecule has 0 amide bonds. The maximum Gasteiger partial charge on any atom is 0.519 e. The number of cyclic esters (lactones) is 1. The lowest BCUT2D eigenvalue weighted by Crippen LogP contribution is -2.46. The predicted molar refractivity (Wildman–Crippen MR) is 337 cm³/mol. The highest BCUT2D eigenvalue weighted by Gasteiger charge is 2.50. The Labute approximate surface area is 525 Å². The molecule has 0 saturated heterocycles. The van der Waals surface area contributed by atoms with Gasteiger partial charge in [0, 0.05) is 96.2 Å². The number of aryl methyl sites for hydroxylation is 1. The van der Waals surface area contributed by atoms with Crippen LogP contribution in [0.3, 0.4) is 0 Å². The number of aromatic nitrogens is 2. The summed E-state index contributed by atoms with van der Waals surface area (Å²) in [6, 6.07) is 7.00. The van der Waals surface area contributed by atoms with Gasteiger partial charge in [0.15, 0.2) is 17.3 Å². The van der Waals surface area contributed by atoms with Crippen molar-refractivity contribution < 1.29 is 87.2 Å². The van der Waals surface area contributed by atoms with E-state index in [0.29, 0.717) is 87.2 Å². The molecule has 3 unspecified atom stereocenters. The predicted octanol–water partition coefficient (Wildman–Crippen LogP) is 7.79. The van der Waals surface area contributed by atoms with Crippen LogP contribution >= 0.6 is 11.6 Å². The van der Waals surface area contributed by atoms with E-state index in [2.05, 4.69) is 24.8 Å². The van der Waals surface area contributed by atoms with Gasteiger partial charge in [-0.2, -0.15) is 0 Å². The number of rotatable bonds is 34. The first kappa shape index (κ1) is 82.5. The number of carbonyl (C=O) groups is 6. The van der Waals surface area contributed by atoms with Crippen molar-refractivity contribution >= 4 is 71.3 Å². The fourth-order valence-electron chi connectivity index (χ4n) is 8.10. The third-order valence-electron chi connectivity index (χ3n) is 13.3. The molecule has 496 valence electrons. The van der Waals surface area contributed by atoms with E-state index in [0.717, 1.165) is 22.8 Å². The Morgan fingerprint density at radius 2 is 1.37 bits per heavy atom. The molecule has 0 spiro atoms. The summed E-state index contributed by atoms with van der Waals surface area (Å²) in [5.74, 6) is -1.15. The third kappa shape index (κ3) is 30.7. The number of aliphatic carboxylic acids is 1. The molecule has 0 radical (unpaired) electrons. The van der Waals surface area contributed by atoms with Crippen LogP contribution in [0.25, 0.3) is 43.2 Å². The van der Waals surface area contributed by atoms with Crippen molar-refractivity contribution in [3.8, 4) is 17.1 Å². The number of azide groups is 2. The molecule has 2 aromatic heterocycles. The van der Waals surface area contributed by atoms with Gasteiger partial charge in [0.2, 0.25) is 5.60 Å². The van der Waals surface area contributed by atoms with Crippen LogP contribution in [0.1, 0.15) is 123 Å². The quantitative estimate of drug-likeness (QED) is 0.00494. The molecule has 2 aliphatic heterocycles. The summed E-state index contributed by atoms with van der Waals surface area (Å²) in [5, 5.41) is 51.2. The van der Waals surface area contributed by atoms with E-state index in [1.807, 2.05) is 61.5 Å². The van der Waals surface area contributed by atoms with Crippen LogP contribution in [-0.4, -0.2) is 169 Å². The minimum atomic E-state index is -1.80. The number of esters is 1. The molecule has 3 atom stereocenters. The highest BCUT2D eigenvalue weighted by Crippen LogP contribution is 2.42. The zero-order valence-corrected chi connectivity index (χ0v) is 54.1. The zero-order valence-electron chi connectivity index (χ0n) is 53.3. The van der Waals surface area contributed by atoms with Gasteiger partial charge in [-0.3, -0.25) is 19.2 Å². The number of nitrogens with zero attached hydrogens (tertiary/aromatic N) is 8. The lowest BCUT2D eigenvalue weighted by Gasteiger charge is -2.34. The first-order valence-electron chi connectivity index (χ1n) is 29.7. The number of carboxylic acid groups (broad SMARTS) is 1. The van der Waals surface area contributed by atoms with Gasteiger partial charge in [0.1, 0.15) is 38.8 Å². The van der Waals surface area contributed by atoms with Crippen molar-refractivity contribution in [3.63, 3.8) is 0 Å². The van der Waals surface area contributed by atoms with Crippen molar-refractivity contribution in [1.82, 2.24) is 9.55 Å². The molecule has 0 bridgehead atoms. The molecule has 31 heteroatoms. The summed E-state index contributed by atoms with van der Waals surface area (Å²) in [5.41, 5.74) is 22.4. The SMILES string of the molecule is CC.CC(C)C(CO)CC(=O)COCC(=O)CCCOCCN=[N+]=[N-].CC(C)C(N)CO.CCB(C)O.CCc1c2c(nc3ccc(OB(C)O)cc13)-c1cc3c(c(=O)n1C2)COC(=O)C3(CC)OC(=O)Cl.[N-]=[N+]=NCCOCCCC(=O)COCC(=O)O. The number of aliphatic hydroxyl groups is 2. The number of carboxylic acids is 1. The van der Waals surface area contributed by atoms with E-state index in [1.54, 1.807) is 36.5 Å². The molecular formula is C58H92B2ClN9O19. The molecular weight excluding hydrogens is 1180 g/mol. The van der Waals surface area contributed by atoms with Crippen molar-refractivity contribution in [2.24, 2.45) is 33.7 Å². The zero-order chi connectivity index (χ0) is 67.6. The number of hydrogen-bond donors (Lipinski definition) is 6. The van der Waals surface area contributed by atoms with Crippen molar-refractivity contribution in [3.05, 3.63) is 77.8 Å². The highest BCUT2D eigenvalue weighted by atomic mass is 35.5. The Kier molecular flexibility index (Phi) is 43.1. The molecule has 28 nitrogen and oxygen atoms in total. The summed E-state index contributed by atoms with van der Waals surface area (Å²) in [4.78, 5) is 92.4. The van der Waals surface area contributed by atoms with E-state index < -0.39 is 36.7 Å². The Bertz CT molecular complexity index is 2840. The fourth-order valence-corrected chi connectivity index (χ4v) is 8.24. The van der Waals surface area contributed by atoms with Gasteiger partial charge >= 0.3 is 24.5 Å². The molecule has 5 rings (SSSR count). The van der Waals surface area contributed by atoms with E-state index >= 15 is 0 Å². The molecule has 3 aromatic rings. The number of halogens is 1. The lowest BCUT2D eigenvalue weighted by molar-refractivity contribution is -0.171. The number of ether oxygens (including phenoxy) is 6. The number of benzene rings is 1. The van der Waals surface area contributed by atoms with Gasteiger partial charge in [-0.25, -0.2) is 19.4 Å². The fraction of sp³-hybridized carbons (Fsp3) is 0.655. The van der Waals surface area contributed by atoms with Gasteiger partial charge in [-0.05, 0) is 91.2 Å². The molecule has 4 heterocycles. The van der Waals surface area contributed by atoms with Crippen LogP contribution in [0.4, 0.5) is 4.79 Å². The number of Topliss-reactive ketones (excluding diaryl/α,β-unsaturated/α-hetero) is 3. The number of hydrogen-bond acceptors (Lipinski definition) is 22. The Hall–Kier alpha value is -6.52. The molecule has 0 aliphatic carbocycles. The number of aliphatic hydroxyl groups excluding tert-OH is 2. The molecule has 89 heavy (non-hydrogen) atoms. The Balaban J connectivity index is 0.00000124.